The molecule has 0 heterocycles. The normalized spacial score (nSPS) is 11.8. The predicted octanol–water partition coefficient (Wildman–Crippen LogP) is 1.95. The van der Waals surface area contributed by atoms with Gasteiger partial charge in [0.1, 0.15) is 0 Å². The van der Waals surface area contributed by atoms with Gasteiger partial charge in [0.2, 0.25) is 0 Å². The lowest BCUT2D eigenvalue weighted by Crippen LogP contribution is -2.38. The van der Waals surface area contributed by atoms with Crippen LogP contribution in [0.5, 0.6) is 0 Å². The monoisotopic (exact) mass is 265 g/mol. The van der Waals surface area contributed by atoms with E-state index in [0.717, 1.165) is 13.0 Å². The highest BCUT2D eigenvalue weighted by atomic mass is 16.3. The molecule has 0 aliphatic carbocycles. The lowest BCUT2D eigenvalue weighted by Gasteiger charge is -2.25. The molecule has 2 N–H and O–H groups in total. The summed E-state index contributed by atoms with van der Waals surface area (Å²) in [5.41, 5.74) is 4.03. The number of rotatable bonds is 7. The maximum Gasteiger partial charge on any atom is 0.0609 e. The molecule has 0 aliphatic rings. The van der Waals surface area contributed by atoms with Crippen LogP contribution in [-0.2, 0) is 6.42 Å². The standard InChI is InChI=1S/C16H27NO2/c1-12(2)14-6-5-13(3)15(9-14)7-8-17(4)16(10-18)11-19/h5-6,9,12,16,18-19H,7-8,10-11H2,1-4H3. The van der Waals surface area contributed by atoms with Crippen LogP contribution in [0.3, 0.4) is 0 Å². The number of aryl methyl sites for hydroxylation is 1. The van der Waals surface area contributed by atoms with Gasteiger partial charge >= 0.3 is 0 Å². The van der Waals surface area contributed by atoms with Gasteiger partial charge in [0.15, 0.2) is 0 Å². The molecule has 108 valence electrons. The summed E-state index contributed by atoms with van der Waals surface area (Å²) in [5, 5.41) is 18.3. The van der Waals surface area contributed by atoms with Crippen LogP contribution in [0.4, 0.5) is 0 Å². The van der Waals surface area contributed by atoms with Crippen molar-refractivity contribution in [1.82, 2.24) is 4.90 Å². The predicted molar refractivity (Wildman–Crippen MR) is 79.6 cm³/mol. The first-order chi connectivity index (χ1) is 8.99. The molecule has 0 unspecified atom stereocenters. The van der Waals surface area contributed by atoms with Crippen molar-refractivity contribution in [3.8, 4) is 0 Å². The van der Waals surface area contributed by atoms with Crippen LogP contribution >= 0.6 is 0 Å². The zero-order valence-electron chi connectivity index (χ0n) is 12.6. The second kappa shape index (κ2) is 7.63. The Bertz CT molecular complexity index is 386. The third-order valence-corrected chi connectivity index (χ3v) is 3.82. The Kier molecular flexibility index (Phi) is 6.49. The van der Waals surface area contributed by atoms with Gasteiger partial charge in [-0.2, -0.15) is 0 Å². The quantitative estimate of drug-likeness (QED) is 0.792. The molecule has 19 heavy (non-hydrogen) atoms. The van der Waals surface area contributed by atoms with Crippen LogP contribution in [0, 0.1) is 6.92 Å². The Labute approximate surface area is 116 Å². The summed E-state index contributed by atoms with van der Waals surface area (Å²) < 4.78 is 0. The van der Waals surface area contributed by atoms with Crippen LogP contribution < -0.4 is 0 Å². The van der Waals surface area contributed by atoms with Gasteiger partial charge in [-0.15, -0.1) is 0 Å². The minimum Gasteiger partial charge on any atom is -0.395 e. The van der Waals surface area contributed by atoms with E-state index in [0.29, 0.717) is 5.92 Å². The molecule has 0 atom stereocenters. The van der Waals surface area contributed by atoms with Gasteiger partial charge in [-0.3, -0.25) is 4.90 Å². The molecule has 0 spiro atoms. The number of aliphatic hydroxyl groups is 2. The smallest absolute Gasteiger partial charge is 0.0609 e. The maximum atomic E-state index is 9.16. The van der Waals surface area contributed by atoms with E-state index in [1.807, 2.05) is 11.9 Å². The largest absolute Gasteiger partial charge is 0.395 e. The third-order valence-electron chi connectivity index (χ3n) is 3.82. The second-order valence-corrected chi connectivity index (χ2v) is 5.59. The first-order valence-corrected chi connectivity index (χ1v) is 7.01. The Morgan fingerprint density at radius 1 is 1.16 bits per heavy atom. The Balaban J connectivity index is 2.69. The minimum atomic E-state index is -0.159. The van der Waals surface area contributed by atoms with Gasteiger partial charge in [0, 0.05) is 6.54 Å². The van der Waals surface area contributed by atoms with E-state index < -0.39 is 0 Å². The first kappa shape index (κ1) is 16.2. The third kappa shape index (κ3) is 4.60. The van der Waals surface area contributed by atoms with Crippen LogP contribution in [0.15, 0.2) is 18.2 Å². The Morgan fingerprint density at radius 2 is 1.79 bits per heavy atom. The van der Waals surface area contributed by atoms with E-state index in [-0.39, 0.29) is 19.3 Å². The van der Waals surface area contributed by atoms with Gasteiger partial charge < -0.3 is 10.2 Å². The highest BCUT2D eigenvalue weighted by Crippen LogP contribution is 2.19. The first-order valence-electron chi connectivity index (χ1n) is 7.01. The molecule has 1 aromatic rings. The van der Waals surface area contributed by atoms with Crippen molar-refractivity contribution in [1.29, 1.82) is 0 Å². The second-order valence-electron chi connectivity index (χ2n) is 5.59. The topological polar surface area (TPSA) is 43.7 Å². The lowest BCUT2D eigenvalue weighted by molar-refractivity contribution is 0.0925. The van der Waals surface area contributed by atoms with E-state index in [2.05, 4.69) is 39.0 Å². The molecular weight excluding hydrogens is 238 g/mol. The number of likely N-dealkylation sites (N-methyl/N-ethyl adjacent to an activating group) is 1. The number of benzene rings is 1. The van der Waals surface area contributed by atoms with E-state index in [1.165, 1.54) is 16.7 Å². The average Bonchev–Trinajstić information content (AvgIpc) is 2.38. The van der Waals surface area contributed by atoms with Crippen LogP contribution in [0.1, 0.15) is 36.5 Å². The zero-order valence-corrected chi connectivity index (χ0v) is 12.6. The maximum absolute atomic E-state index is 9.16. The van der Waals surface area contributed by atoms with E-state index in [4.69, 9.17) is 10.2 Å². The summed E-state index contributed by atoms with van der Waals surface area (Å²) in [6.07, 6.45) is 0.944. The average molecular weight is 265 g/mol. The highest BCUT2D eigenvalue weighted by molar-refractivity contribution is 5.32. The van der Waals surface area contributed by atoms with Crippen LogP contribution in [0.25, 0.3) is 0 Å². The zero-order chi connectivity index (χ0) is 14.4. The summed E-state index contributed by atoms with van der Waals surface area (Å²) in [5.74, 6) is 0.541. The summed E-state index contributed by atoms with van der Waals surface area (Å²) in [7, 11) is 1.94. The summed E-state index contributed by atoms with van der Waals surface area (Å²) in [6, 6.07) is 6.49. The molecular formula is C16H27NO2. The van der Waals surface area contributed by atoms with Crippen LogP contribution in [-0.4, -0.2) is 48.0 Å². The molecule has 0 aromatic heterocycles. The Hall–Kier alpha value is -0.900. The molecule has 0 radical (unpaired) electrons. The number of hydrogen-bond donors (Lipinski definition) is 2. The van der Waals surface area contributed by atoms with Gasteiger partial charge in [-0.05, 0) is 43.0 Å². The fraction of sp³-hybridized carbons (Fsp3) is 0.625. The van der Waals surface area contributed by atoms with Crippen molar-refractivity contribution >= 4 is 0 Å². The number of nitrogens with zero attached hydrogens (tertiary/aromatic N) is 1. The van der Waals surface area contributed by atoms with Crippen molar-refractivity contribution in [3.05, 3.63) is 34.9 Å². The number of hydrogen-bond acceptors (Lipinski definition) is 3. The van der Waals surface area contributed by atoms with Gasteiger partial charge in [-0.1, -0.05) is 32.0 Å². The van der Waals surface area contributed by atoms with E-state index >= 15 is 0 Å². The summed E-state index contributed by atoms with van der Waals surface area (Å²) in [4.78, 5) is 2.02. The summed E-state index contributed by atoms with van der Waals surface area (Å²) >= 11 is 0. The molecule has 3 heteroatoms. The van der Waals surface area contributed by atoms with Crippen molar-refractivity contribution in [2.24, 2.45) is 0 Å². The molecule has 0 aliphatic heterocycles. The van der Waals surface area contributed by atoms with Crippen LogP contribution in [0.2, 0.25) is 0 Å². The van der Waals surface area contributed by atoms with Gasteiger partial charge in [-0.25, -0.2) is 0 Å². The highest BCUT2D eigenvalue weighted by Gasteiger charge is 2.12. The SMILES string of the molecule is Cc1ccc(C(C)C)cc1CCN(C)C(CO)CO. The molecule has 0 bridgehead atoms. The number of aliphatic hydroxyl groups excluding tert-OH is 2. The van der Waals surface area contributed by atoms with Crippen molar-refractivity contribution in [2.45, 2.75) is 39.2 Å². The van der Waals surface area contributed by atoms with Crippen molar-refractivity contribution in [2.75, 3.05) is 26.8 Å². The van der Waals surface area contributed by atoms with E-state index in [1.54, 1.807) is 0 Å². The van der Waals surface area contributed by atoms with Gasteiger partial charge in [0.05, 0.1) is 19.3 Å². The minimum absolute atomic E-state index is 0.00197. The molecule has 1 rings (SSSR count). The molecule has 1 aromatic carbocycles. The van der Waals surface area contributed by atoms with Crippen molar-refractivity contribution < 1.29 is 10.2 Å². The molecule has 0 amide bonds. The fourth-order valence-electron chi connectivity index (χ4n) is 2.14. The lowest BCUT2D eigenvalue weighted by atomic mass is 9.96. The molecule has 0 fully saturated rings. The molecule has 0 saturated carbocycles. The summed E-state index contributed by atoms with van der Waals surface area (Å²) in [6.45, 7) is 7.38. The molecule has 3 nitrogen and oxygen atoms in total. The Morgan fingerprint density at radius 3 is 2.32 bits per heavy atom. The fourth-order valence-corrected chi connectivity index (χ4v) is 2.14. The van der Waals surface area contributed by atoms with Gasteiger partial charge in [0.25, 0.3) is 0 Å². The van der Waals surface area contributed by atoms with E-state index in [9.17, 15) is 0 Å². The van der Waals surface area contributed by atoms with Crippen molar-refractivity contribution in [3.63, 3.8) is 0 Å². The molecule has 0 saturated heterocycles.